The van der Waals surface area contributed by atoms with Gasteiger partial charge in [-0.05, 0) is 81.1 Å². The van der Waals surface area contributed by atoms with Gasteiger partial charge in [-0.15, -0.1) is 12.4 Å². The largest absolute Gasteiger partial charge is 0.493 e. The Hall–Kier alpha value is -3.37. The van der Waals surface area contributed by atoms with Crippen molar-refractivity contribution in [2.75, 3.05) is 13.2 Å². The second-order valence-corrected chi connectivity index (χ2v) is 10.5. The zero-order valence-electron chi connectivity index (χ0n) is 23.3. The third-order valence-electron chi connectivity index (χ3n) is 6.46. The number of benzene rings is 2. The molecule has 42 heavy (non-hydrogen) atoms. The summed E-state index contributed by atoms with van der Waals surface area (Å²) in [5.41, 5.74) is 7.94. The van der Waals surface area contributed by atoms with E-state index >= 15 is 0 Å². The highest BCUT2D eigenvalue weighted by molar-refractivity contribution is 6.42. The van der Waals surface area contributed by atoms with Crippen molar-refractivity contribution in [3.05, 3.63) is 98.5 Å². The van der Waals surface area contributed by atoms with Crippen LogP contribution >= 0.6 is 35.6 Å². The van der Waals surface area contributed by atoms with E-state index in [1.165, 1.54) is 0 Å². The monoisotopic (exact) mass is 634 g/mol. The highest BCUT2D eigenvalue weighted by Crippen LogP contribution is 2.23. The summed E-state index contributed by atoms with van der Waals surface area (Å²) in [4.78, 5) is 30.4. The van der Waals surface area contributed by atoms with Crippen molar-refractivity contribution in [2.24, 2.45) is 5.73 Å². The molecule has 0 aliphatic rings. The number of hydrogen-bond acceptors (Lipinski definition) is 8. The number of ketones is 1. The Morgan fingerprint density at radius 3 is 2.43 bits per heavy atom. The molecule has 0 bridgehead atoms. The van der Waals surface area contributed by atoms with E-state index in [0.717, 1.165) is 17.5 Å². The molecule has 2 aromatic heterocycles. The summed E-state index contributed by atoms with van der Waals surface area (Å²) in [6, 6.07) is 13.8. The Bertz CT molecular complexity index is 1490. The number of Topliss-reactive ketones (excluding diaryl/α,β-unsaturated/α-hetero) is 1. The molecule has 3 N–H and O–H groups in total. The maximum Gasteiger partial charge on any atom is 0.255 e. The van der Waals surface area contributed by atoms with Crippen molar-refractivity contribution >= 4 is 47.3 Å². The summed E-state index contributed by atoms with van der Waals surface area (Å²) >= 11 is 12.0. The minimum atomic E-state index is -0.825. The van der Waals surface area contributed by atoms with Crippen LogP contribution in [0.3, 0.4) is 0 Å². The number of furan rings is 1. The normalized spacial score (nSPS) is 11.5. The number of halogens is 3. The van der Waals surface area contributed by atoms with Crippen molar-refractivity contribution in [1.82, 2.24) is 15.5 Å². The smallest absolute Gasteiger partial charge is 0.255 e. The molecule has 2 aromatic carbocycles. The number of aryl methyl sites for hydroxylation is 2. The second kappa shape index (κ2) is 15.7. The molecule has 224 valence electrons. The quantitative estimate of drug-likeness (QED) is 0.121. The molecular weight excluding hydrogens is 603 g/mol. The molecule has 0 saturated heterocycles. The number of unbranched alkanes of at least 4 members (excludes halogenated alkanes) is 1. The Balaban J connectivity index is 0.00000484. The third kappa shape index (κ3) is 9.06. The van der Waals surface area contributed by atoms with Gasteiger partial charge in [0.25, 0.3) is 5.91 Å². The molecule has 9 nitrogen and oxygen atoms in total. The zero-order valence-corrected chi connectivity index (χ0v) is 25.7. The van der Waals surface area contributed by atoms with Gasteiger partial charge >= 0.3 is 0 Å². The van der Waals surface area contributed by atoms with Crippen LogP contribution < -0.4 is 15.8 Å². The zero-order chi connectivity index (χ0) is 29.4. The van der Waals surface area contributed by atoms with Gasteiger partial charge in [-0.1, -0.05) is 46.6 Å². The van der Waals surface area contributed by atoms with Gasteiger partial charge in [0.15, 0.2) is 0 Å². The molecule has 1 amide bonds. The molecule has 0 aliphatic heterocycles. The van der Waals surface area contributed by atoms with Gasteiger partial charge in [-0.25, -0.2) is 0 Å². The topological polar surface area (TPSA) is 133 Å². The van der Waals surface area contributed by atoms with E-state index in [4.69, 9.17) is 42.6 Å². The molecule has 0 unspecified atom stereocenters. The first-order chi connectivity index (χ1) is 19.7. The van der Waals surface area contributed by atoms with Crippen LogP contribution in [0.1, 0.15) is 68.8 Å². The maximum atomic E-state index is 13.3. The van der Waals surface area contributed by atoms with Gasteiger partial charge in [0.1, 0.15) is 17.3 Å². The first-order valence-corrected chi connectivity index (χ1v) is 14.1. The summed E-state index contributed by atoms with van der Waals surface area (Å²) < 4.78 is 16.7. The van der Waals surface area contributed by atoms with Crippen molar-refractivity contribution in [3.8, 4) is 5.75 Å². The van der Waals surface area contributed by atoms with Crippen molar-refractivity contribution in [3.63, 3.8) is 0 Å². The van der Waals surface area contributed by atoms with Crippen LogP contribution in [-0.2, 0) is 12.8 Å². The molecule has 0 aliphatic carbocycles. The van der Waals surface area contributed by atoms with Crippen molar-refractivity contribution in [1.29, 1.82) is 0 Å². The number of hydrogen-bond donors (Lipinski definition) is 2. The van der Waals surface area contributed by atoms with Crippen molar-refractivity contribution in [2.45, 2.75) is 52.0 Å². The predicted octanol–water partition coefficient (Wildman–Crippen LogP) is 6.33. The first kappa shape index (κ1) is 33.1. The van der Waals surface area contributed by atoms with E-state index in [9.17, 15) is 9.59 Å². The average molecular weight is 636 g/mol. The number of nitrogens with two attached hydrogens (primary N) is 1. The lowest BCUT2D eigenvalue weighted by Crippen LogP contribution is -2.41. The Morgan fingerprint density at radius 2 is 1.76 bits per heavy atom. The number of nitrogens with one attached hydrogen (secondary N) is 1. The molecule has 0 radical (unpaired) electrons. The first-order valence-electron chi connectivity index (χ1n) is 13.3. The molecule has 1 atom stereocenters. The molecule has 4 rings (SSSR count). The van der Waals surface area contributed by atoms with Gasteiger partial charge in [0, 0.05) is 6.42 Å². The molecule has 2 heterocycles. The lowest BCUT2D eigenvalue weighted by Gasteiger charge is -2.15. The number of ether oxygens (including phenoxy) is 1. The van der Waals surface area contributed by atoms with E-state index < -0.39 is 17.7 Å². The van der Waals surface area contributed by atoms with Crippen LogP contribution in [0.5, 0.6) is 5.75 Å². The molecular formula is C30H33Cl3N4O5. The van der Waals surface area contributed by atoms with Crippen LogP contribution in [0.25, 0.3) is 0 Å². The molecule has 0 spiro atoms. The molecule has 0 fully saturated rings. The number of carbonyl (C=O) groups excluding carboxylic acids is 2. The minimum absolute atomic E-state index is 0. The Labute approximate surface area is 260 Å². The summed E-state index contributed by atoms with van der Waals surface area (Å²) in [5, 5.41) is 7.74. The van der Waals surface area contributed by atoms with Crippen molar-refractivity contribution < 1.29 is 23.3 Å². The Kier molecular flexibility index (Phi) is 12.4. The number of rotatable bonds is 14. The van der Waals surface area contributed by atoms with Crippen LogP contribution in [0.15, 0.2) is 57.5 Å². The minimum Gasteiger partial charge on any atom is -0.493 e. The van der Waals surface area contributed by atoms with Crippen LogP contribution in [-0.4, -0.2) is 41.0 Å². The number of nitrogens with zero attached hydrogens (tertiary/aromatic N) is 2. The van der Waals surface area contributed by atoms with Gasteiger partial charge in [0.05, 0.1) is 34.7 Å². The molecule has 0 saturated carbocycles. The van der Waals surface area contributed by atoms with E-state index in [1.54, 1.807) is 26.0 Å². The predicted molar refractivity (Wildman–Crippen MR) is 163 cm³/mol. The fraction of sp³-hybridized carbons (Fsp3) is 0.333. The van der Waals surface area contributed by atoms with Crippen LogP contribution in [0, 0.1) is 13.8 Å². The van der Waals surface area contributed by atoms with Gasteiger partial charge in [-0.2, -0.15) is 4.98 Å². The van der Waals surface area contributed by atoms with Crippen LogP contribution in [0.4, 0.5) is 0 Å². The molecule has 12 heteroatoms. The highest BCUT2D eigenvalue weighted by atomic mass is 35.5. The fourth-order valence-electron chi connectivity index (χ4n) is 4.30. The fourth-order valence-corrected chi connectivity index (χ4v) is 4.62. The van der Waals surface area contributed by atoms with Gasteiger partial charge < -0.3 is 24.7 Å². The van der Waals surface area contributed by atoms with E-state index in [-0.39, 0.29) is 24.1 Å². The lowest BCUT2D eigenvalue weighted by atomic mass is 10.0. The van der Waals surface area contributed by atoms with Crippen LogP contribution in [0.2, 0.25) is 10.0 Å². The summed E-state index contributed by atoms with van der Waals surface area (Å²) in [6.45, 7) is 4.43. The number of carbonyl (C=O) groups is 2. The Morgan fingerprint density at radius 1 is 1.02 bits per heavy atom. The van der Waals surface area contributed by atoms with Gasteiger partial charge in [0.2, 0.25) is 17.5 Å². The van der Waals surface area contributed by atoms with E-state index in [1.807, 2.05) is 36.4 Å². The van der Waals surface area contributed by atoms with E-state index in [0.29, 0.717) is 71.7 Å². The highest BCUT2D eigenvalue weighted by Gasteiger charge is 2.27. The van der Waals surface area contributed by atoms with Gasteiger partial charge in [-0.3, -0.25) is 9.59 Å². The number of amides is 1. The molecule has 4 aromatic rings. The summed E-state index contributed by atoms with van der Waals surface area (Å²) in [5.74, 6) is 1.20. The van der Waals surface area contributed by atoms with E-state index in [2.05, 4.69) is 15.5 Å². The standard InChI is InChI=1S/C30H32Cl2N4O5.ClH/c1-18-15-23(19(2)40-18)30(38)34-26(5-3-4-13-33)28(37)29-35-27(41-36-29)17-20-6-9-22(10-7-20)39-14-12-21-8-11-24(31)25(32)16-21;/h6-11,15-16,26H,3-5,12-14,17,33H2,1-2H3,(H,34,38);1H/t26-;/m0./s1. The number of aromatic nitrogens is 2. The summed E-state index contributed by atoms with van der Waals surface area (Å²) in [7, 11) is 0. The second-order valence-electron chi connectivity index (χ2n) is 9.68. The maximum absolute atomic E-state index is 13.3. The lowest BCUT2D eigenvalue weighted by molar-refractivity contribution is 0.0842. The third-order valence-corrected chi connectivity index (χ3v) is 7.20. The summed E-state index contributed by atoms with van der Waals surface area (Å²) in [6.07, 6.45) is 2.79. The SMILES string of the molecule is Cc1cc(C(=O)N[C@@H](CCCCN)C(=O)c2noc(Cc3ccc(OCCc4ccc(Cl)c(Cl)c4)cc3)n2)c(C)o1.Cl. The average Bonchev–Trinajstić information content (AvgIpc) is 3.56.